The van der Waals surface area contributed by atoms with Crippen molar-refractivity contribution in [3.63, 3.8) is 0 Å². The second kappa shape index (κ2) is 4.39. The summed E-state index contributed by atoms with van der Waals surface area (Å²) in [5, 5.41) is 2.48. The van der Waals surface area contributed by atoms with Crippen molar-refractivity contribution in [3.8, 4) is 0 Å². The summed E-state index contributed by atoms with van der Waals surface area (Å²) in [6.07, 6.45) is 0. The zero-order valence-electron chi connectivity index (χ0n) is 7.65. The number of rotatable bonds is 3. The Kier molecular flexibility index (Phi) is 3.45. The minimum atomic E-state index is -1.83. The zero-order chi connectivity index (χ0) is 9.84. The van der Waals surface area contributed by atoms with Gasteiger partial charge in [0.2, 0.25) is 0 Å². The van der Waals surface area contributed by atoms with E-state index >= 15 is 0 Å². The number of aryl methyl sites for hydroxylation is 1. The third-order valence-corrected chi connectivity index (χ3v) is 2.45. The van der Waals surface area contributed by atoms with Crippen LogP contribution in [0.25, 0.3) is 0 Å². The van der Waals surface area contributed by atoms with Gasteiger partial charge in [-0.05, 0) is 26.0 Å². The number of benzene rings is 1. The van der Waals surface area contributed by atoms with Crippen LogP contribution in [0.4, 0.5) is 5.69 Å². The monoisotopic (exact) mass is 199 g/mol. The molecule has 3 nitrogen and oxygen atoms in total. The Morgan fingerprint density at radius 1 is 1.38 bits per heavy atom. The van der Waals surface area contributed by atoms with E-state index < -0.39 is 16.5 Å². The van der Waals surface area contributed by atoms with Gasteiger partial charge in [0.15, 0.2) is 11.1 Å². The van der Waals surface area contributed by atoms with Gasteiger partial charge in [0.25, 0.3) is 0 Å². The van der Waals surface area contributed by atoms with Crippen LogP contribution < -0.4 is 5.32 Å². The van der Waals surface area contributed by atoms with Crippen LogP contribution in [-0.4, -0.2) is 14.1 Å². The standard InChI is InChI=1S/C9H13NO2S/c1-7-3-5-9(6-4-7)10-8(2)13(11)12/h3-6,8,10H,1-2H3,(H,11,12). The third-order valence-electron chi connectivity index (χ3n) is 1.72. The first-order valence-electron chi connectivity index (χ1n) is 4.02. The van der Waals surface area contributed by atoms with Crippen molar-refractivity contribution >= 4 is 16.8 Å². The first-order chi connectivity index (χ1) is 6.09. The van der Waals surface area contributed by atoms with Gasteiger partial charge in [0.05, 0.1) is 0 Å². The predicted octanol–water partition coefficient (Wildman–Crippen LogP) is 1.97. The lowest BCUT2D eigenvalue weighted by Crippen LogP contribution is -2.20. The maximum Gasteiger partial charge on any atom is 0.175 e. The second-order valence-corrected chi connectivity index (χ2v) is 4.19. The van der Waals surface area contributed by atoms with Crippen LogP contribution in [0, 0.1) is 6.92 Å². The molecule has 0 amide bonds. The van der Waals surface area contributed by atoms with Crippen molar-refractivity contribution in [1.29, 1.82) is 0 Å². The fourth-order valence-corrected chi connectivity index (χ4v) is 1.17. The Morgan fingerprint density at radius 3 is 2.38 bits per heavy atom. The maximum absolute atomic E-state index is 10.6. The largest absolute Gasteiger partial charge is 0.369 e. The third kappa shape index (κ3) is 3.16. The molecule has 1 aromatic carbocycles. The Hall–Kier alpha value is -0.870. The molecule has 0 aliphatic carbocycles. The smallest absolute Gasteiger partial charge is 0.175 e. The minimum Gasteiger partial charge on any atom is -0.369 e. The van der Waals surface area contributed by atoms with Crippen LogP contribution in [-0.2, 0) is 11.1 Å². The fraction of sp³-hybridized carbons (Fsp3) is 0.333. The molecule has 13 heavy (non-hydrogen) atoms. The fourth-order valence-electron chi connectivity index (χ4n) is 0.935. The molecule has 0 aromatic heterocycles. The quantitative estimate of drug-likeness (QED) is 0.732. The van der Waals surface area contributed by atoms with Gasteiger partial charge in [-0.25, -0.2) is 4.21 Å². The Morgan fingerprint density at radius 2 is 1.92 bits per heavy atom. The highest BCUT2D eigenvalue weighted by molar-refractivity contribution is 7.80. The van der Waals surface area contributed by atoms with E-state index in [1.54, 1.807) is 6.92 Å². The van der Waals surface area contributed by atoms with E-state index in [1.807, 2.05) is 31.2 Å². The number of hydrogen-bond donors (Lipinski definition) is 2. The Bertz CT molecular complexity index is 297. The number of hydrogen-bond acceptors (Lipinski definition) is 2. The van der Waals surface area contributed by atoms with Crippen molar-refractivity contribution in [3.05, 3.63) is 29.8 Å². The van der Waals surface area contributed by atoms with Crippen LogP contribution in [0.15, 0.2) is 24.3 Å². The summed E-state index contributed by atoms with van der Waals surface area (Å²) < 4.78 is 19.4. The van der Waals surface area contributed by atoms with Gasteiger partial charge in [-0.3, -0.25) is 0 Å². The minimum absolute atomic E-state index is 0.442. The van der Waals surface area contributed by atoms with E-state index in [2.05, 4.69) is 5.32 Å². The van der Waals surface area contributed by atoms with Gasteiger partial charge in [-0.2, -0.15) is 0 Å². The van der Waals surface area contributed by atoms with Gasteiger partial charge in [0.1, 0.15) is 5.37 Å². The molecule has 2 unspecified atom stereocenters. The van der Waals surface area contributed by atoms with Gasteiger partial charge in [-0.1, -0.05) is 17.7 Å². The van der Waals surface area contributed by atoms with E-state index in [0.717, 1.165) is 5.69 Å². The van der Waals surface area contributed by atoms with E-state index in [1.165, 1.54) is 5.56 Å². The first-order valence-corrected chi connectivity index (χ1v) is 5.19. The lowest BCUT2D eigenvalue weighted by atomic mass is 10.2. The molecule has 72 valence electrons. The van der Waals surface area contributed by atoms with Gasteiger partial charge < -0.3 is 9.87 Å². The highest BCUT2D eigenvalue weighted by Crippen LogP contribution is 2.10. The van der Waals surface area contributed by atoms with Crippen LogP contribution in [0.1, 0.15) is 12.5 Å². The van der Waals surface area contributed by atoms with Crippen LogP contribution >= 0.6 is 0 Å². The summed E-state index contributed by atoms with van der Waals surface area (Å²) in [5.41, 5.74) is 2.03. The molecule has 0 fully saturated rings. The zero-order valence-corrected chi connectivity index (χ0v) is 8.47. The molecular formula is C9H13NO2S. The summed E-state index contributed by atoms with van der Waals surface area (Å²) in [6.45, 7) is 3.66. The molecule has 0 aliphatic heterocycles. The summed E-state index contributed by atoms with van der Waals surface area (Å²) in [6, 6.07) is 7.68. The van der Waals surface area contributed by atoms with Crippen molar-refractivity contribution in [2.75, 3.05) is 5.32 Å². The summed E-state index contributed by atoms with van der Waals surface area (Å²) in [7, 11) is 0. The second-order valence-electron chi connectivity index (χ2n) is 2.93. The van der Waals surface area contributed by atoms with Gasteiger partial charge in [-0.15, -0.1) is 0 Å². The van der Waals surface area contributed by atoms with Crippen LogP contribution in [0.5, 0.6) is 0 Å². The maximum atomic E-state index is 10.6. The average molecular weight is 199 g/mol. The van der Waals surface area contributed by atoms with Crippen LogP contribution in [0.3, 0.4) is 0 Å². The molecular weight excluding hydrogens is 186 g/mol. The number of anilines is 1. The SMILES string of the molecule is Cc1ccc(NC(C)S(=O)O)cc1. The molecule has 0 heterocycles. The summed E-state index contributed by atoms with van der Waals surface area (Å²) in [5.74, 6) is 0. The summed E-state index contributed by atoms with van der Waals surface area (Å²) >= 11 is -1.83. The molecule has 2 atom stereocenters. The highest BCUT2D eigenvalue weighted by atomic mass is 32.2. The lowest BCUT2D eigenvalue weighted by Gasteiger charge is -2.10. The van der Waals surface area contributed by atoms with Crippen LogP contribution in [0.2, 0.25) is 0 Å². The molecule has 0 spiro atoms. The van der Waals surface area contributed by atoms with Gasteiger partial charge >= 0.3 is 0 Å². The predicted molar refractivity (Wildman–Crippen MR) is 55.0 cm³/mol. The molecule has 0 saturated heterocycles. The molecule has 1 rings (SSSR count). The van der Waals surface area contributed by atoms with E-state index in [4.69, 9.17) is 4.55 Å². The molecule has 0 radical (unpaired) electrons. The molecule has 4 heteroatoms. The normalized spacial score (nSPS) is 15.0. The van der Waals surface area contributed by atoms with E-state index in [9.17, 15) is 4.21 Å². The number of nitrogens with one attached hydrogen (secondary N) is 1. The lowest BCUT2D eigenvalue weighted by molar-refractivity contribution is 0.556. The van der Waals surface area contributed by atoms with E-state index in [0.29, 0.717) is 0 Å². The van der Waals surface area contributed by atoms with Gasteiger partial charge in [0, 0.05) is 5.69 Å². The molecule has 1 aromatic rings. The van der Waals surface area contributed by atoms with Crippen molar-refractivity contribution in [1.82, 2.24) is 0 Å². The molecule has 0 saturated carbocycles. The highest BCUT2D eigenvalue weighted by Gasteiger charge is 2.06. The molecule has 0 bridgehead atoms. The molecule has 2 N–H and O–H groups in total. The Labute approximate surface area is 80.5 Å². The van der Waals surface area contributed by atoms with E-state index in [-0.39, 0.29) is 0 Å². The average Bonchev–Trinajstić information content (AvgIpc) is 2.08. The summed E-state index contributed by atoms with van der Waals surface area (Å²) in [4.78, 5) is 0. The molecule has 0 aliphatic rings. The van der Waals surface area contributed by atoms with Crippen molar-refractivity contribution < 1.29 is 8.76 Å². The Balaban J connectivity index is 2.64. The topological polar surface area (TPSA) is 49.3 Å². The first kappa shape index (κ1) is 10.2. The van der Waals surface area contributed by atoms with Crippen molar-refractivity contribution in [2.24, 2.45) is 0 Å². The van der Waals surface area contributed by atoms with Crippen molar-refractivity contribution in [2.45, 2.75) is 19.2 Å².